The summed E-state index contributed by atoms with van der Waals surface area (Å²) in [5.74, 6) is 1.13. The first kappa shape index (κ1) is 23.0. The first-order chi connectivity index (χ1) is 15.4. The van der Waals surface area contributed by atoms with Gasteiger partial charge >= 0.3 is 0 Å². The number of amides is 1. The molecular weight excluding hydrogens is 430 g/mol. The van der Waals surface area contributed by atoms with Crippen LogP contribution >= 0.6 is 11.8 Å². The molecule has 32 heavy (non-hydrogen) atoms. The molecule has 2 aromatic carbocycles. The zero-order chi connectivity index (χ0) is 23.1. The average Bonchev–Trinajstić information content (AvgIpc) is 3.17. The third-order valence-corrected chi connectivity index (χ3v) is 5.46. The highest BCUT2D eigenvalue weighted by Gasteiger charge is 2.20. The molecule has 10 heteroatoms. The number of hydrogen-bond acceptors (Lipinski definition) is 7. The van der Waals surface area contributed by atoms with Gasteiger partial charge in [-0.2, -0.15) is 0 Å². The van der Waals surface area contributed by atoms with Crippen molar-refractivity contribution < 1.29 is 14.5 Å². The molecule has 1 unspecified atom stereocenters. The number of allylic oxidation sites excluding steroid dienone is 1. The molecule has 0 aliphatic carbocycles. The van der Waals surface area contributed by atoms with Gasteiger partial charge in [-0.1, -0.05) is 42.1 Å². The molecule has 0 fully saturated rings. The summed E-state index contributed by atoms with van der Waals surface area (Å²) in [5, 5.41) is 22.6. The molecule has 1 heterocycles. The van der Waals surface area contributed by atoms with Gasteiger partial charge < -0.3 is 10.1 Å². The highest BCUT2D eigenvalue weighted by Crippen LogP contribution is 2.27. The Bertz CT molecular complexity index is 1130. The Hall–Kier alpha value is -3.66. The van der Waals surface area contributed by atoms with E-state index in [4.69, 9.17) is 4.74 Å². The van der Waals surface area contributed by atoms with Crippen molar-refractivity contribution in [3.63, 3.8) is 0 Å². The summed E-state index contributed by atoms with van der Waals surface area (Å²) in [6.07, 6.45) is 1.36. The van der Waals surface area contributed by atoms with Crippen molar-refractivity contribution in [1.82, 2.24) is 14.8 Å². The minimum absolute atomic E-state index is 0.0605. The van der Waals surface area contributed by atoms with Gasteiger partial charge in [0.05, 0.1) is 10.7 Å². The van der Waals surface area contributed by atoms with E-state index in [2.05, 4.69) is 22.1 Å². The number of aryl methyl sites for hydroxylation is 1. The number of ether oxygens (including phenoxy) is 1. The third-order valence-electron chi connectivity index (χ3n) is 4.49. The number of nitrogens with zero attached hydrogens (tertiary/aromatic N) is 4. The highest BCUT2D eigenvalue weighted by atomic mass is 32.2. The molecular formula is C22H23N5O4S. The molecule has 9 nitrogen and oxygen atoms in total. The first-order valence-corrected chi connectivity index (χ1v) is 10.8. The fourth-order valence-corrected chi connectivity index (χ4v) is 3.72. The molecule has 1 aromatic heterocycles. The van der Waals surface area contributed by atoms with Crippen LogP contribution in [0.1, 0.15) is 24.4 Å². The van der Waals surface area contributed by atoms with Crippen molar-refractivity contribution in [2.24, 2.45) is 0 Å². The number of thioether (sulfide) groups is 1. The molecule has 1 amide bonds. The van der Waals surface area contributed by atoms with Gasteiger partial charge in [-0.25, -0.2) is 0 Å². The smallest absolute Gasteiger partial charge is 0.271 e. The number of nitrogens with one attached hydrogen (secondary N) is 1. The fourth-order valence-electron chi connectivity index (χ4n) is 2.96. The summed E-state index contributed by atoms with van der Waals surface area (Å²) < 4.78 is 7.91. The van der Waals surface area contributed by atoms with E-state index in [9.17, 15) is 14.9 Å². The zero-order valence-electron chi connectivity index (χ0n) is 17.7. The standard InChI is InChI=1S/C22H23N5O4S/c1-4-12-26-21(16(3)31-19-11-6-5-8-15(19)2)24-25-22(26)32-14-20(28)23-17-9-7-10-18(13-17)27(29)30/h4-11,13,16H,1,12,14H2,2-3H3,(H,23,28). The van der Waals surface area contributed by atoms with Crippen LogP contribution in [-0.4, -0.2) is 31.3 Å². The zero-order valence-corrected chi connectivity index (χ0v) is 18.5. The number of carbonyl (C=O) groups is 1. The Morgan fingerprint density at radius 2 is 2.09 bits per heavy atom. The average molecular weight is 454 g/mol. The molecule has 0 bridgehead atoms. The van der Waals surface area contributed by atoms with Crippen LogP contribution < -0.4 is 10.1 Å². The minimum atomic E-state index is -0.510. The second-order valence-corrected chi connectivity index (χ2v) is 7.85. The van der Waals surface area contributed by atoms with E-state index >= 15 is 0 Å². The molecule has 1 N–H and O–H groups in total. The van der Waals surface area contributed by atoms with Crippen molar-refractivity contribution in [3.8, 4) is 5.75 Å². The second kappa shape index (κ2) is 10.6. The van der Waals surface area contributed by atoms with E-state index in [0.717, 1.165) is 11.3 Å². The van der Waals surface area contributed by atoms with Crippen LogP contribution in [0.3, 0.4) is 0 Å². The number of nitro groups is 1. The Labute approximate surface area is 189 Å². The molecule has 0 aliphatic rings. The van der Waals surface area contributed by atoms with E-state index in [1.165, 1.54) is 30.0 Å². The van der Waals surface area contributed by atoms with Crippen LogP contribution in [0.5, 0.6) is 5.75 Å². The van der Waals surface area contributed by atoms with Gasteiger partial charge in [-0.3, -0.25) is 19.5 Å². The second-order valence-electron chi connectivity index (χ2n) is 6.91. The molecule has 0 aliphatic heterocycles. The van der Waals surface area contributed by atoms with Gasteiger partial charge in [0.25, 0.3) is 5.69 Å². The molecule has 0 saturated carbocycles. The van der Waals surface area contributed by atoms with Gasteiger partial charge in [-0.05, 0) is 31.5 Å². The number of hydrogen-bond donors (Lipinski definition) is 1. The van der Waals surface area contributed by atoms with Gasteiger partial charge in [0, 0.05) is 24.4 Å². The molecule has 0 saturated heterocycles. The van der Waals surface area contributed by atoms with Gasteiger partial charge in [0.1, 0.15) is 5.75 Å². The van der Waals surface area contributed by atoms with Crippen molar-refractivity contribution in [2.75, 3.05) is 11.1 Å². The van der Waals surface area contributed by atoms with Crippen molar-refractivity contribution in [2.45, 2.75) is 31.7 Å². The third kappa shape index (κ3) is 5.73. The first-order valence-electron chi connectivity index (χ1n) is 9.82. The van der Waals surface area contributed by atoms with Crippen LogP contribution in [-0.2, 0) is 11.3 Å². The quantitative estimate of drug-likeness (QED) is 0.207. The number of non-ortho nitro benzene ring substituents is 1. The number of nitro benzene ring substituents is 1. The van der Waals surface area contributed by atoms with E-state index in [-0.39, 0.29) is 23.5 Å². The number of para-hydroxylation sites is 1. The maximum absolute atomic E-state index is 12.4. The normalized spacial score (nSPS) is 11.6. The summed E-state index contributed by atoms with van der Waals surface area (Å²) in [7, 11) is 0. The van der Waals surface area contributed by atoms with Gasteiger partial charge in [0.2, 0.25) is 5.91 Å². The lowest BCUT2D eigenvalue weighted by molar-refractivity contribution is -0.384. The number of benzene rings is 2. The summed E-state index contributed by atoms with van der Waals surface area (Å²) in [4.78, 5) is 22.7. The lowest BCUT2D eigenvalue weighted by atomic mass is 10.2. The monoisotopic (exact) mass is 453 g/mol. The number of carbonyl (C=O) groups excluding carboxylic acids is 1. The van der Waals surface area contributed by atoms with Crippen LogP contribution in [0.15, 0.2) is 66.3 Å². The van der Waals surface area contributed by atoms with Crippen LogP contribution in [0.2, 0.25) is 0 Å². The number of anilines is 1. The number of aromatic nitrogens is 3. The summed E-state index contributed by atoms with van der Waals surface area (Å²) in [6.45, 7) is 8.10. The van der Waals surface area contributed by atoms with Crippen molar-refractivity contribution >= 4 is 29.0 Å². The van der Waals surface area contributed by atoms with Crippen LogP contribution in [0, 0.1) is 17.0 Å². The lowest BCUT2D eigenvalue weighted by Crippen LogP contribution is -2.15. The maximum Gasteiger partial charge on any atom is 0.271 e. The maximum atomic E-state index is 12.4. The van der Waals surface area contributed by atoms with E-state index < -0.39 is 4.92 Å². The fraction of sp³-hybridized carbons (Fsp3) is 0.227. The lowest BCUT2D eigenvalue weighted by Gasteiger charge is -2.17. The predicted octanol–water partition coefficient (Wildman–Crippen LogP) is 4.55. The van der Waals surface area contributed by atoms with Gasteiger partial charge in [-0.15, -0.1) is 16.8 Å². The van der Waals surface area contributed by atoms with E-state index in [1.807, 2.05) is 42.7 Å². The van der Waals surface area contributed by atoms with Crippen molar-refractivity contribution in [3.05, 3.63) is 82.7 Å². The topological polar surface area (TPSA) is 112 Å². The molecule has 1 atom stereocenters. The van der Waals surface area contributed by atoms with Crippen LogP contribution in [0.4, 0.5) is 11.4 Å². The van der Waals surface area contributed by atoms with E-state index in [1.54, 1.807) is 12.1 Å². The molecule has 3 rings (SSSR count). The molecule has 166 valence electrons. The van der Waals surface area contributed by atoms with Crippen molar-refractivity contribution in [1.29, 1.82) is 0 Å². The van der Waals surface area contributed by atoms with Gasteiger partial charge in [0.15, 0.2) is 17.1 Å². The largest absolute Gasteiger partial charge is 0.482 e. The minimum Gasteiger partial charge on any atom is -0.482 e. The highest BCUT2D eigenvalue weighted by molar-refractivity contribution is 7.99. The Balaban J connectivity index is 1.68. The Kier molecular flexibility index (Phi) is 7.61. The summed E-state index contributed by atoms with van der Waals surface area (Å²) in [6, 6.07) is 13.5. The Morgan fingerprint density at radius 3 is 2.81 bits per heavy atom. The molecule has 3 aromatic rings. The number of rotatable bonds is 10. The predicted molar refractivity (Wildman–Crippen MR) is 123 cm³/mol. The van der Waals surface area contributed by atoms with E-state index in [0.29, 0.717) is 23.2 Å². The summed E-state index contributed by atoms with van der Waals surface area (Å²) in [5.41, 5.74) is 1.29. The van der Waals surface area contributed by atoms with Crippen LogP contribution in [0.25, 0.3) is 0 Å². The summed E-state index contributed by atoms with van der Waals surface area (Å²) >= 11 is 1.21. The molecule has 0 spiro atoms. The Morgan fingerprint density at radius 1 is 1.31 bits per heavy atom. The SMILES string of the molecule is C=CCn1c(SCC(=O)Nc2cccc([N+](=O)[O-])c2)nnc1C(C)Oc1ccccc1C. The molecule has 0 radical (unpaired) electrons.